The highest BCUT2D eigenvalue weighted by atomic mass is 35.6. The van der Waals surface area contributed by atoms with Crippen LogP contribution in [0.3, 0.4) is 0 Å². The molecule has 2 heterocycles. The van der Waals surface area contributed by atoms with Gasteiger partial charge in [-0.3, -0.25) is 10.1 Å². The number of nitrogens with zero attached hydrogens (tertiary/aromatic N) is 1. The Morgan fingerprint density at radius 2 is 1.80 bits per heavy atom. The predicted molar refractivity (Wildman–Crippen MR) is 105 cm³/mol. The zero-order chi connectivity index (χ0) is 17.9. The molecule has 1 aliphatic heterocycles. The minimum Gasteiger partial charge on any atom is -0.360 e. The Hall–Kier alpha value is -0.980. The first-order chi connectivity index (χ1) is 11.9. The maximum absolute atomic E-state index is 12.4. The predicted octanol–water partition coefficient (Wildman–Crippen LogP) is 2.58. The standard InChI is InChI=1S/C17H18Cl3N3OS/c18-17(19,20)16(21-15(24)14-7-4-12-25-14)23-10-8-22(9-11-23)13-5-2-1-3-6-13/h1-7,12,16H,8-11H2,(H,21,24)/p+1/t16-/m1/s1. The molecule has 1 aromatic carbocycles. The van der Waals surface area contributed by atoms with Crippen LogP contribution in [-0.2, 0) is 0 Å². The molecule has 3 rings (SSSR count). The molecule has 2 N–H and O–H groups in total. The zero-order valence-electron chi connectivity index (χ0n) is 13.4. The average Bonchev–Trinajstić information content (AvgIpc) is 3.14. The number of hydrogen-bond acceptors (Lipinski definition) is 3. The Kier molecular flexibility index (Phi) is 6.12. The van der Waals surface area contributed by atoms with Crippen LogP contribution in [0.15, 0.2) is 47.8 Å². The van der Waals surface area contributed by atoms with Gasteiger partial charge in [0.2, 0.25) is 6.17 Å². The minimum atomic E-state index is -1.57. The molecule has 8 heteroatoms. The van der Waals surface area contributed by atoms with E-state index in [4.69, 9.17) is 34.8 Å². The average molecular weight is 420 g/mol. The molecule has 1 aromatic heterocycles. The summed E-state index contributed by atoms with van der Waals surface area (Å²) >= 11 is 19.9. The summed E-state index contributed by atoms with van der Waals surface area (Å²) in [6.45, 7) is 3.23. The number of piperazine rings is 1. The third-order valence-electron chi connectivity index (χ3n) is 4.28. The monoisotopic (exact) mass is 418 g/mol. The molecule has 0 bridgehead atoms. The maximum atomic E-state index is 12.4. The maximum Gasteiger partial charge on any atom is 0.265 e. The van der Waals surface area contributed by atoms with E-state index in [-0.39, 0.29) is 5.91 Å². The third-order valence-corrected chi connectivity index (χ3v) is 5.81. The molecule has 4 nitrogen and oxygen atoms in total. The first-order valence-corrected chi connectivity index (χ1v) is 10.0. The molecule has 1 saturated heterocycles. The molecule has 1 fully saturated rings. The van der Waals surface area contributed by atoms with Gasteiger partial charge in [-0.15, -0.1) is 11.3 Å². The van der Waals surface area contributed by atoms with Gasteiger partial charge in [-0.05, 0) is 23.6 Å². The molecule has 0 aliphatic carbocycles. The molecule has 1 aliphatic rings. The summed E-state index contributed by atoms with van der Waals surface area (Å²) in [6, 6.07) is 13.8. The SMILES string of the molecule is O=C(N[C@H]([NH+]1CCN(c2ccccc2)CC1)C(Cl)(Cl)Cl)c1cccs1. The first-order valence-electron chi connectivity index (χ1n) is 8.01. The number of para-hydroxylation sites is 1. The molecule has 25 heavy (non-hydrogen) atoms. The van der Waals surface area contributed by atoms with Crippen LogP contribution in [0.25, 0.3) is 0 Å². The van der Waals surface area contributed by atoms with E-state index in [2.05, 4.69) is 22.3 Å². The highest BCUT2D eigenvalue weighted by molar-refractivity contribution is 7.12. The number of carbonyl (C=O) groups is 1. The summed E-state index contributed by atoms with van der Waals surface area (Å²) in [6.07, 6.45) is -0.593. The third kappa shape index (κ3) is 4.80. The van der Waals surface area contributed by atoms with E-state index in [9.17, 15) is 4.79 Å². The van der Waals surface area contributed by atoms with Gasteiger partial charge >= 0.3 is 0 Å². The summed E-state index contributed by atoms with van der Waals surface area (Å²) in [5, 5.41) is 4.76. The molecule has 0 unspecified atom stereocenters. The fraction of sp³-hybridized carbons (Fsp3) is 0.353. The van der Waals surface area contributed by atoms with E-state index in [1.165, 1.54) is 17.0 Å². The van der Waals surface area contributed by atoms with E-state index in [1.54, 1.807) is 6.07 Å². The van der Waals surface area contributed by atoms with Gasteiger partial charge in [0.05, 0.1) is 31.1 Å². The molecule has 1 atom stereocenters. The Morgan fingerprint density at radius 3 is 2.36 bits per heavy atom. The Morgan fingerprint density at radius 1 is 1.12 bits per heavy atom. The molecule has 134 valence electrons. The number of halogens is 3. The topological polar surface area (TPSA) is 36.8 Å². The van der Waals surface area contributed by atoms with Gasteiger partial charge in [0, 0.05) is 5.69 Å². The molecule has 0 radical (unpaired) electrons. The molecule has 0 spiro atoms. The summed E-state index contributed by atoms with van der Waals surface area (Å²) < 4.78 is -1.57. The van der Waals surface area contributed by atoms with Crippen molar-refractivity contribution in [3.05, 3.63) is 52.7 Å². The van der Waals surface area contributed by atoms with Crippen LogP contribution in [0.2, 0.25) is 0 Å². The van der Waals surface area contributed by atoms with E-state index >= 15 is 0 Å². The van der Waals surface area contributed by atoms with Crippen molar-refractivity contribution in [1.82, 2.24) is 5.32 Å². The summed E-state index contributed by atoms with van der Waals surface area (Å²) in [7, 11) is 0. The molecule has 1 amide bonds. The van der Waals surface area contributed by atoms with Crippen molar-refractivity contribution < 1.29 is 9.69 Å². The van der Waals surface area contributed by atoms with Gasteiger partial charge in [-0.1, -0.05) is 59.1 Å². The summed E-state index contributed by atoms with van der Waals surface area (Å²) in [4.78, 5) is 16.4. The zero-order valence-corrected chi connectivity index (χ0v) is 16.5. The highest BCUT2D eigenvalue weighted by Crippen LogP contribution is 2.28. The number of alkyl halides is 3. The summed E-state index contributed by atoms with van der Waals surface area (Å²) in [5.41, 5.74) is 1.19. The van der Waals surface area contributed by atoms with Gasteiger partial charge in [0.25, 0.3) is 9.70 Å². The second-order valence-corrected chi connectivity index (χ2v) is 9.22. The Balaban J connectivity index is 1.66. The second kappa shape index (κ2) is 8.14. The molecular formula is C17H19Cl3N3OS+. The second-order valence-electron chi connectivity index (χ2n) is 5.91. The number of thiophene rings is 1. The smallest absolute Gasteiger partial charge is 0.265 e. The number of nitrogens with one attached hydrogen (secondary N) is 2. The van der Waals surface area contributed by atoms with Crippen molar-refractivity contribution in [3.63, 3.8) is 0 Å². The number of hydrogen-bond donors (Lipinski definition) is 2. The van der Waals surface area contributed by atoms with Gasteiger partial charge in [-0.25, -0.2) is 0 Å². The van der Waals surface area contributed by atoms with Crippen molar-refractivity contribution in [2.75, 3.05) is 31.1 Å². The van der Waals surface area contributed by atoms with Crippen LogP contribution in [0, 0.1) is 0 Å². The Labute approximate surface area is 166 Å². The van der Waals surface area contributed by atoms with Crippen molar-refractivity contribution in [3.8, 4) is 0 Å². The number of quaternary nitrogens is 1. The number of amides is 1. The lowest BCUT2D eigenvalue weighted by molar-refractivity contribution is -0.927. The lowest BCUT2D eigenvalue weighted by atomic mass is 10.2. The van der Waals surface area contributed by atoms with Crippen LogP contribution >= 0.6 is 46.1 Å². The number of anilines is 1. The van der Waals surface area contributed by atoms with Crippen LogP contribution in [0.1, 0.15) is 9.67 Å². The Bertz CT molecular complexity index is 683. The fourth-order valence-corrected chi connectivity index (χ4v) is 4.26. The largest absolute Gasteiger partial charge is 0.360 e. The van der Waals surface area contributed by atoms with Gasteiger partial charge in [-0.2, -0.15) is 0 Å². The van der Waals surface area contributed by atoms with Gasteiger partial charge < -0.3 is 9.80 Å². The quantitative estimate of drug-likeness (QED) is 0.747. The van der Waals surface area contributed by atoms with Crippen LogP contribution in [0.4, 0.5) is 5.69 Å². The van der Waals surface area contributed by atoms with Crippen LogP contribution in [0.5, 0.6) is 0 Å². The van der Waals surface area contributed by atoms with Crippen LogP contribution < -0.4 is 15.1 Å². The molecular weight excluding hydrogens is 401 g/mol. The van der Waals surface area contributed by atoms with Crippen molar-refractivity contribution in [2.24, 2.45) is 0 Å². The van der Waals surface area contributed by atoms with Gasteiger partial charge in [0.15, 0.2) is 0 Å². The van der Waals surface area contributed by atoms with Gasteiger partial charge in [0.1, 0.15) is 0 Å². The number of carbonyl (C=O) groups excluding carboxylic acids is 1. The van der Waals surface area contributed by atoms with Crippen LogP contribution in [-0.4, -0.2) is 42.0 Å². The normalized spacial score (nSPS) is 17.3. The van der Waals surface area contributed by atoms with E-state index in [0.29, 0.717) is 4.88 Å². The van der Waals surface area contributed by atoms with E-state index in [0.717, 1.165) is 31.1 Å². The minimum absolute atomic E-state index is 0.204. The molecule has 2 aromatic rings. The molecule has 0 saturated carbocycles. The highest BCUT2D eigenvalue weighted by Gasteiger charge is 2.43. The van der Waals surface area contributed by atoms with Crippen molar-refractivity contribution >= 4 is 57.7 Å². The first kappa shape index (κ1) is 18.8. The lowest BCUT2D eigenvalue weighted by Crippen LogP contribution is -3.21. The summed E-state index contributed by atoms with van der Waals surface area (Å²) in [5.74, 6) is -0.204. The van der Waals surface area contributed by atoms with E-state index < -0.39 is 9.96 Å². The number of benzene rings is 1. The number of rotatable bonds is 4. The lowest BCUT2D eigenvalue weighted by Gasteiger charge is -2.39. The van der Waals surface area contributed by atoms with Crippen molar-refractivity contribution in [2.45, 2.75) is 9.96 Å². The fourth-order valence-electron chi connectivity index (χ4n) is 3.00. The van der Waals surface area contributed by atoms with E-state index in [1.807, 2.05) is 29.6 Å². The van der Waals surface area contributed by atoms with Crippen molar-refractivity contribution in [1.29, 1.82) is 0 Å².